The van der Waals surface area contributed by atoms with Crippen LogP contribution in [-0.4, -0.2) is 34.0 Å². The van der Waals surface area contributed by atoms with Crippen LogP contribution < -0.4 is 5.32 Å². The molecule has 0 aliphatic rings. The van der Waals surface area contributed by atoms with E-state index < -0.39 is 11.6 Å². The van der Waals surface area contributed by atoms with Crippen LogP contribution in [0.4, 0.5) is 0 Å². The largest absolute Gasteiger partial charge is 0.350 e. The lowest BCUT2D eigenvalue weighted by atomic mass is 10.0. The Balaban J connectivity index is 1.87. The van der Waals surface area contributed by atoms with Crippen LogP contribution in [0.3, 0.4) is 0 Å². The van der Waals surface area contributed by atoms with Crippen molar-refractivity contribution in [3.63, 3.8) is 0 Å². The van der Waals surface area contributed by atoms with Crippen molar-refractivity contribution in [2.45, 2.75) is 51.1 Å². The predicted octanol–water partition coefficient (Wildman–Crippen LogP) is 6.78. The highest BCUT2D eigenvalue weighted by molar-refractivity contribution is 7.99. The molecule has 3 aromatic carbocycles. The second-order valence-electron chi connectivity index (χ2n) is 9.68. The van der Waals surface area contributed by atoms with Crippen LogP contribution in [0, 0.1) is 0 Å². The van der Waals surface area contributed by atoms with Gasteiger partial charge in [0.2, 0.25) is 11.8 Å². The molecule has 1 N–H and O–H groups in total. The molecule has 0 aliphatic carbocycles. The van der Waals surface area contributed by atoms with Gasteiger partial charge < -0.3 is 10.2 Å². The lowest BCUT2D eigenvalue weighted by Gasteiger charge is -2.34. The number of rotatable bonds is 10. The summed E-state index contributed by atoms with van der Waals surface area (Å²) in [7, 11) is 0. The zero-order chi connectivity index (χ0) is 26.1. The normalized spacial score (nSPS) is 12.1. The van der Waals surface area contributed by atoms with Crippen LogP contribution in [0.25, 0.3) is 0 Å². The third-order valence-electron chi connectivity index (χ3n) is 5.48. The molecule has 3 rings (SSSR count). The van der Waals surface area contributed by atoms with Gasteiger partial charge >= 0.3 is 0 Å². The van der Waals surface area contributed by atoms with Crippen LogP contribution in [0.5, 0.6) is 0 Å². The van der Waals surface area contributed by atoms with E-state index in [0.29, 0.717) is 28.8 Å². The molecule has 7 heteroatoms. The molecule has 1 atom stereocenters. The van der Waals surface area contributed by atoms with E-state index in [2.05, 4.69) is 5.32 Å². The van der Waals surface area contributed by atoms with Gasteiger partial charge in [-0.2, -0.15) is 0 Å². The first-order chi connectivity index (χ1) is 17.1. The van der Waals surface area contributed by atoms with Crippen molar-refractivity contribution in [3.8, 4) is 0 Å². The lowest BCUT2D eigenvalue weighted by Crippen LogP contribution is -2.54. The minimum atomic E-state index is -0.671. The van der Waals surface area contributed by atoms with Crippen molar-refractivity contribution in [2.24, 2.45) is 0 Å². The van der Waals surface area contributed by atoms with Crippen LogP contribution in [0.1, 0.15) is 37.5 Å². The molecule has 0 bridgehead atoms. The highest BCUT2D eigenvalue weighted by Crippen LogP contribution is 2.23. The predicted molar refractivity (Wildman–Crippen MR) is 151 cm³/mol. The summed E-state index contributed by atoms with van der Waals surface area (Å²) in [6.45, 7) is 6.12. The summed E-state index contributed by atoms with van der Waals surface area (Å²) in [5.41, 5.74) is 2.45. The number of amides is 2. The molecule has 0 radical (unpaired) electrons. The van der Waals surface area contributed by atoms with E-state index >= 15 is 0 Å². The molecule has 2 amide bonds. The second-order valence-corrected chi connectivity index (χ2v) is 11.5. The van der Waals surface area contributed by atoms with E-state index in [1.165, 1.54) is 11.8 Å². The van der Waals surface area contributed by atoms with E-state index in [9.17, 15) is 9.59 Å². The Kier molecular flexibility index (Phi) is 10.3. The highest BCUT2D eigenvalue weighted by Gasteiger charge is 2.32. The Bertz CT molecular complexity index is 1150. The zero-order valence-electron chi connectivity index (χ0n) is 20.8. The van der Waals surface area contributed by atoms with E-state index in [1.807, 2.05) is 87.5 Å². The first-order valence-electron chi connectivity index (χ1n) is 11.8. The maximum absolute atomic E-state index is 13.7. The molecule has 0 fully saturated rings. The maximum atomic E-state index is 13.7. The number of nitrogens with zero attached hydrogens (tertiary/aromatic N) is 1. The molecule has 4 nitrogen and oxygen atoms in total. The Morgan fingerprint density at radius 3 is 2.17 bits per heavy atom. The summed E-state index contributed by atoms with van der Waals surface area (Å²) in [5, 5.41) is 4.39. The highest BCUT2D eigenvalue weighted by atomic mass is 35.5. The van der Waals surface area contributed by atoms with Gasteiger partial charge in [0.05, 0.1) is 5.75 Å². The molecule has 0 spiro atoms. The summed E-state index contributed by atoms with van der Waals surface area (Å²) in [5.74, 6) is 0.557. The molecule has 36 heavy (non-hydrogen) atoms. The van der Waals surface area contributed by atoms with E-state index in [1.54, 1.807) is 17.0 Å². The van der Waals surface area contributed by atoms with Gasteiger partial charge in [0, 0.05) is 34.3 Å². The second kappa shape index (κ2) is 13.2. The van der Waals surface area contributed by atoms with Gasteiger partial charge in [0.15, 0.2) is 0 Å². The Morgan fingerprint density at radius 1 is 0.889 bits per heavy atom. The number of nitrogens with one attached hydrogen (secondary N) is 1. The average molecular weight is 544 g/mol. The third kappa shape index (κ3) is 8.88. The van der Waals surface area contributed by atoms with Gasteiger partial charge in [0.25, 0.3) is 0 Å². The van der Waals surface area contributed by atoms with Crippen LogP contribution in [-0.2, 0) is 28.3 Å². The summed E-state index contributed by atoms with van der Waals surface area (Å²) in [6, 6.07) is 24.1. The minimum Gasteiger partial charge on any atom is -0.350 e. The van der Waals surface area contributed by atoms with Gasteiger partial charge in [0.1, 0.15) is 6.04 Å². The number of carbonyl (C=O) groups excluding carboxylic acids is 2. The van der Waals surface area contributed by atoms with Crippen LogP contribution in [0.15, 0.2) is 78.9 Å². The summed E-state index contributed by atoms with van der Waals surface area (Å²) < 4.78 is 0. The first-order valence-corrected chi connectivity index (χ1v) is 13.7. The summed E-state index contributed by atoms with van der Waals surface area (Å²) in [4.78, 5) is 28.9. The van der Waals surface area contributed by atoms with Crippen LogP contribution >= 0.6 is 35.0 Å². The van der Waals surface area contributed by atoms with E-state index in [-0.39, 0.29) is 17.6 Å². The number of carbonyl (C=O) groups is 2. The quantitative estimate of drug-likeness (QED) is 0.307. The maximum Gasteiger partial charge on any atom is 0.243 e. The summed E-state index contributed by atoms with van der Waals surface area (Å²) >= 11 is 13.9. The Hall–Kier alpha value is -2.47. The fraction of sp³-hybridized carbons (Fsp3) is 0.310. The van der Waals surface area contributed by atoms with Crippen molar-refractivity contribution in [1.82, 2.24) is 10.2 Å². The minimum absolute atomic E-state index is 0.105. The fourth-order valence-corrected chi connectivity index (χ4v) is 5.06. The molecular weight excluding hydrogens is 511 g/mol. The Morgan fingerprint density at radius 2 is 1.53 bits per heavy atom. The molecule has 0 heterocycles. The standard InChI is InChI=1S/C29H32Cl2N2O2S/c1-29(2,3)32-28(35)26(17-21-9-5-4-6-10-21)33(18-22-13-15-24(30)16-14-22)27(34)20-36-19-23-11-7-8-12-25(23)31/h4-16,26H,17-20H2,1-3H3,(H,32,35)/t26-/m1/s1. The number of hydrogen-bond acceptors (Lipinski definition) is 3. The topological polar surface area (TPSA) is 49.4 Å². The SMILES string of the molecule is CC(C)(C)NC(=O)[C@@H](Cc1ccccc1)N(Cc1ccc(Cl)cc1)C(=O)CSCc1ccccc1Cl. The number of halogens is 2. The smallest absolute Gasteiger partial charge is 0.243 e. The van der Waals surface area contributed by atoms with Crippen molar-refractivity contribution in [2.75, 3.05) is 5.75 Å². The van der Waals surface area contributed by atoms with Gasteiger partial charge in [-0.3, -0.25) is 9.59 Å². The zero-order valence-corrected chi connectivity index (χ0v) is 23.2. The van der Waals surface area contributed by atoms with E-state index in [4.69, 9.17) is 23.2 Å². The molecule has 0 aliphatic heterocycles. The molecule has 3 aromatic rings. The molecular formula is C29H32Cl2N2O2S. The van der Waals surface area contributed by atoms with Crippen molar-refractivity contribution in [3.05, 3.63) is 106 Å². The monoisotopic (exact) mass is 542 g/mol. The number of thioether (sulfide) groups is 1. The third-order valence-corrected chi connectivity index (χ3v) is 7.06. The Labute approximate surface area is 228 Å². The number of hydrogen-bond donors (Lipinski definition) is 1. The van der Waals surface area contributed by atoms with Crippen molar-refractivity contribution >= 4 is 46.8 Å². The molecule has 0 saturated heterocycles. The van der Waals surface area contributed by atoms with Gasteiger partial charge in [-0.25, -0.2) is 0 Å². The van der Waals surface area contributed by atoms with Crippen LogP contribution in [0.2, 0.25) is 10.0 Å². The van der Waals surface area contributed by atoms with Gasteiger partial charge in [-0.05, 0) is 55.7 Å². The first kappa shape index (κ1) is 28.1. The summed E-state index contributed by atoms with van der Waals surface area (Å²) in [6.07, 6.45) is 0.414. The molecule has 0 saturated carbocycles. The molecule has 0 aromatic heterocycles. The van der Waals surface area contributed by atoms with E-state index in [0.717, 1.165) is 16.7 Å². The molecule has 190 valence electrons. The average Bonchev–Trinajstić information content (AvgIpc) is 2.83. The van der Waals surface area contributed by atoms with Crippen molar-refractivity contribution in [1.29, 1.82) is 0 Å². The number of benzene rings is 3. The van der Waals surface area contributed by atoms with Gasteiger partial charge in [-0.15, -0.1) is 11.8 Å². The fourth-order valence-electron chi connectivity index (χ4n) is 3.74. The van der Waals surface area contributed by atoms with Gasteiger partial charge in [-0.1, -0.05) is 83.9 Å². The van der Waals surface area contributed by atoms with Crippen molar-refractivity contribution < 1.29 is 9.59 Å². The molecule has 0 unspecified atom stereocenters. The lowest BCUT2D eigenvalue weighted by molar-refractivity contribution is -0.140.